The molecule has 0 bridgehead atoms. The van der Waals surface area contributed by atoms with Crippen LogP contribution in [0.1, 0.15) is 18.1 Å². The van der Waals surface area contributed by atoms with E-state index in [-0.39, 0.29) is 0 Å². The highest BCUT2D eigenvalue weighted by atomic mass is 15.2. The monoisotopic (exact) mass is 251 g/mol. The smallest absolute Gasteiger partial charge is 0.205 e. The van der Waals surface area contributed by atoms with Crippen molar-refractivity contribution in [1.29, 1.82) is 0 Å². The molecule has 2 aromatic carbocycles. The second-order valence-electron chi connectivity index (χ2n) is 4.82. The molecule has 3 rings (SSSR count). The minimum Gasteiger partial charge on any atom is -0.369 e. The van der Waals surface area contributed by atoms with Gasteiger partial charge < -0.3 is 5.73 Å². The SMILES string of the molecule is CCc1ccc(-n2c(N)nc3ccc(C)cc32)cc1. The summed E-state index contributed by atoms with van der Waals surface area (Å²) in [5, 5.41) is 0. The van der Waals surface area contributed by atoms with E-state index >= 15 is 0 Å². The molecule has 1 heterocycles. The van der Waals surface area contributed by atoms with Gasteiger partial charge in [-0.25, -0.2) is 4.98 Å². The number of nitrogen functional groups attached to an aromatic ring is 1. The van der Waals surface area contributed by atoms with Gasteiger partial charge in [0.1, 0.15) is 0 Å². The first-order valence-corrected chi connectivity index (χ1v) is 6.53. The molecule has 19 heavy (non-hydrogen) atoms. The topological polar surface area (TPSA) is 43.8 Å². The number of hydrogen-bond donors (Lipinski definition) is 1. The largest absolute Gasteiger partial charge is 0.369 e. The van der Waals surface area contributed by atoms with Gasteiger partial charge in [0.25, 0.3) is 0 Å². The highest BCUT2D eigenvalue weighted by molar-refractivity contribution is 5.81. The molecule has 0 aliphatic carbocycles. The van der Waals surface area contributed by atoms with Gasteiger partial charge >= 0.3 is 0 Å². The lowest BCUT2D eigenvalue weighted by atomic mass is 10.1. The number of benzene rings is 2. The lowest BCUT2D eigenvalue weighted by Crippen LogP contribution is -2.00. The van der Waals surface area contributed by atoms with E-state index in [1.54, 1.807) is 0 Å². The average molecular weight is 251 g/mol. The number of hydrogen-bond acceptors (Lipinski definition) is 2. The van der Waals surface area contributed by atoms with Gasteiger partial charge in [0.05, 0.1) is 11.0 Å². The normalized spacial score (nSPS) is 11.1. The van der Waals surface area contributed by atoms with Crippen LogP contribution in [0.4, 0.5) is 5.95 Å². The van der Waals surface area contributed by atoms with Crippen molar-refractivity contribution in [3.63, 3.8) is 0 Å². The Hall–Kier alpha value is -2.29. The van der Waals surface area contributed by atoms with Crippen molar-refractivity contribution in [1.82, 2.24) is 9.55 Å². The summed E-state index contributed by atoms with van der Waals surface area (Å²) in [7, 11) is 0. The summed E-state index contributed by atoms with van der Waals surface area (Å²) in [6, 6.07) is 14.6. The maximum Gasteiger partial charge on any atom is 0.205 e. The Morgan fingerprint density at radius 2 is 1.84 bits per heavy atom. The molecule has 0 unspecified atom stereocenters. The van der Waals surface area contributed by atoms with Gasteiger partial charge in [-0.05, 0) is 48.7 Å². The summed E-state index contributed by atoms with van der Waals surface area (Å²) in [5.41, 5.74) is 11.6. The van der Waals surface area contributed by atoms with Crippen molar-refractivity contribution in [2.75, 3.05) is 5.73 Å². The van der Waals surface area contributed by atoms with Crippen molar-refractivity contribution in [2.45, 2.75) is 20.3 Å². The standard InChI is InChI=1S/C16H17N3/c1-3-12-5-7-13(8-6-12)19-15-10-11(2)4-9-14(15)18-16(19)17/h4-10H,3H2,1-2H3,(H2,17,18). The molecule has 0 fully saturated rings. The number of fused-ring (bicyclic) bond motifs is 1. The minimum absolute atomic E-state index is 0.532. The summed E-state index contributed by atoms with van der Waals surface area (Å²) in [6.07, 6.45) is 1.04. The number of aryl methyl sites for hydroxylation is 2. The van der Waals surface area contributed by atoms with Crippen molar-refractivity contribution in [3.8, 4) is 5.69 Å². The van der Waals surface area contributed by atoms with E-state index in [0.29, 0.717) is 5.95 Å². The molecular formula is C16H17N3. The van der Waals surface area contributed by atoms with Gasteiger partial charge in [-0.3, -0.25) is 4.57 Å². The Bertz CT molecular complexity index is 724. The quantitative estimate of drug-likeness (QED) is 0.757. The fourth-order valence-corrected chi connectivity index (χ4v) is 2.36. The van der Waals surface area contributed by atoms with Gasteiger partial charge in [0.2, 0.25) is 5.95 Å². The Morgan fingerprint density at radius 1 is 1.11 bits per heavy atom. The third-order valence-electron chi connectivity index (χ3n) is 3.44. The predicted octanol–water partition coefficient (Wildman–Crippen LogP) is 3.48. The number of rotatable bonds is 2. The molecule has 0 aliphatic rings. The molecule has 0 saturated heterocycles. The second-order valence-corrected chi connectivity index (χ2v) is 4.82. The fraction of sp³-hybridized carbons (Fsp3) is 0.188. The van der Waals surface area contributed by atoms with Gasteiger partial charge in [0, 0.05) is 5.69 Å². The summed E-state index contributed by atoms with van der Waals surface area (Å²) >= 11 is 0. The van der Waals surface area contributed by atoms with E-state index in [4.69, 9.17) is 5.73 Å². The number of nitrogens with zero attached hydrogens (tertiary/aromatic N) is 2. The van der Waals surface area contributed by atoms with E-state index in [0.717, 1.165) is 23.1 Å². The molecule has 0 saturated carbocycles. The first-order chi connectivity index (χ1) is 9.19. The maximum absolute atomic E-state index is 6.06. The molecule has 0 atom stereocenters. The molecule has 0 amide bonds. The molecule has 96 valence electrons. The van der Waals surface area contributed by atoms with Crippen molar-refractivity contribution < 1.29 is 0 Å². The number of anilines is 1. The lowest BCUT2D eigenvalue weighted by Gasteiger charge is -2.07. The van der Waals surface area contributed by atoms with E-state index in [1.807, 2.05) is 10.6 Å². The highest BCUT2D eigenvalue weighted by Gasteiger charge is 2.09. The summed E-state index contributed by atoms with van der Waals surface area (Å²) in [5.74, 6) is 0.532. The second kappa shape index (κ2) is 4.43. The van der Waals surface area contributed by atoms with Crippen molar-refractivity contribution in [2.24, 2.45) is 0 Å². The third kappa shape index (κ3) is 1.97. The molecular weight excluding hydrogens is 234 g/mol. The summed E-state index contributed by atoms with van der Waals surface area (Å²) in [6.45, 7) is 4.23. The zero-order chi connectivity index (χ0) is 13.4. The first-order valence-electron chi connectivity index (χ1n) is 6.53. The molecule has 0 spiro atoms. The van der Waals surface area contributed by atoms with E-state index < -0.39 is 0 Å². The molecule has 3 aromatic rings. The molecule has 1 aromatic heterocycles. The molecule has 3 nitrogen and oxygen atoms in total. The zero-order valence-corrected chi connectivity index (χ0v) is 11.2. The minimum atomic E-state index is 0.532. The molecule has 0 aliphatic heterocycles. The molecule has 2 N–H and O–H groups in total. The lowest BCUT2D eigenvalue weighted by molar-refractivity contribution is 1.09. The van der Waals surface area contributed by atoms with Gasteiger partial charge in [-0.2, -0.15) is 0 Å². The van der Waals surface area contributed by atoms with Crippen LogP contribution in [0.15, 0.2) is 42.5 Å². The van der Waals surface area contributed by atoms with Crippen LogP contribution in [-0.2, 0) is 6.42 Å². The van der Waals surface area contributed by atoms with Gasteiger partial charge in [-0.15, -0.1) is 0 Å². The molecule has 3 heteroatoms. The van der Waals surface area contributed by atoms with Crippen LogP contribution in [0.2, 0.25) is 0 Å². The summed E-state index contributed by atoms with van der Waals surface area (Å²) < 4.78 is 2.00. The van der Waals surface area contributed by atoms with Crippen LogP contribution in [0.25, 0.3) is 16.7 Å². The average Bonchev–Trinajstić information content (AvgIpc) is 2.74. The van der Waals surface area contributed by atoms with E-state index in [1.165, 1.54) is 11.1 Å². The van der Waals surface area contributed by atoms with Crippen LogP contribution in [0.3, 0.4) is 0 Å². The van der Waals surface area contributed by atoms with E-state index in [2.05, 4.69) is 55.2 Å². The third-order valence-corrected chi connectivity index (χ3v) is 3.44. The zero-order valence-electron chi connectivity index (χ0n) is 11.2. The number of nitrogens with two attached hydrogens (primary N) is 1. The van der Waals surface area contributed by atoms with E-state index in [9.17, 15) is 0 Å². The van der Waals surface area contributed by atoms with Crippen LogP contribution >= 0.6 is 0 Å². The maximum atomic E-state index is 6.06. The van der Waals surface area contributed by atoms with Crippen LogP contribution in [0.5, 0.6) is 0 Å². The van der Waals surface area contributed by atoms with Crippen molar-refractivity contribution >= 4 is 17.0 Å². The number of aromatic nitrogens is 2. The predicted molar refractivity (Wildman–Crippen MR) is 79.6 cm³/mol. The molecule has 0 radical (unpaired) electrons. The Kier molecular flexibility index (Phi) is 2.75. The van der Waals surface area contributed by atoms with Crippen LogP contribution < -0.4 is 5.73 Å². The number of imidazole rings is 1. The van der Waals surface area contributed by atoms with Crippen molar-refractivity contribution in [3.05, 3.63) is 53.6 Å². The fourth-order valence-electron chi connectivity index (χ4n) is 2.36. The van der Waals surface area contributed by atoms with Crippen LogP contribution in [-0.4, -0.2) is 9.55 Å². The highest BCUT2D eigenvalue weighted by Crippen LogP contribution is 2.24. The van der Waals surface area contributed by atoms with Crippen LogP contribution in [0, 0.1) is 6.92 Å². The summed E-state index contributed by atoms with van der Waals surface area (Å²) in [4.78, 5) is 4.41. The van der Waals surface area contributed by atoms with Gasteiger partial charge in [0.15, 0.2) is 0 Å². The Balaban J connectivity index is 2.22. The first kappa shape index (κ1) is 11.8. The Morgan fingerprint density at radius 3 is 2.53 bits per heavy atom. The van der Waals surface area contributed by atoms with Gasteiger partial charge in [-0.1, -0.05) is 25.1 Å². The Labute approximate surface area is 112 Å².